The molecule has 9 nitrogen and oxygen atoms in total. The van der Waals surface area contributed by atoms with Crippen molar-refractivity contribution < 1.29 is 29.2 Å². The van der Waals surface area contributed by atoms with Crippen LogP contribution in [0.4, 0.5) is 5.69 Å². The van der Waals surface area contributed by atoms with E-state index in [9.17, 15) is 19.7 Å². The summed E-state index contributed by atoms with van der Waals surface area (Å²) in [4.78, 5) is 34.8. The summed E-state index contributed by atoms with van der Waals surface area (Å²) in [6, 6.07) is 11.5. The molecular weight excluding hydrogens is 392 g/mol. The molecule has 1 aliphatic carbocycles. The molecule has 0 aromatic heterocycles. The van der Waals surface area contributed by atoms with Crippen LogP contribution in [-0.2, 0) is 20.7 Å². The number of nitrogens with zero attached hydrogens (tertiary/aromatic N) is 1. The lowest BCUT2D eigenvalue weighted by atomic mass is 9.93. The summed E-state index contributed by atoms with van der Waals surface area (Å²) in [5.74, 6) is -0.909. The highest BCUT2D eigenvalue weighted by molar-refractivity contribution is 5.93. The fraction of sp³-hybridized carbons (Fsp3) is 0.333. The molecule has 0 unspecified atom stereocenters. The number of hydrogen-bond acceptors (Lipinski definition) is 7. The molecule has 2 N–H and O–H groups in total. The van der Waals surface area contributed by atoms with Gasteiger partial charge in [-0.25, -0.2) is 5.48 Å². The van der Waals surface area contributed by atoms with E-state index in [2.05, 4.69) is 0 Å². The zero-order valence-corrected chi connectivity index (χ0v) is 16.6. The van der Waals surface area contributed by atoms with Gasteiger partial charge in [-0.05, 0) is 56.5 Å². The Balaban J connectivity index is 1.74. The van der Waals surface area contributed by atoms with Gasteiger partial charge in [0.2, 0.25) is 5.91 Å². The zero-order valence-electron chi connectivity index (χ0n) is 16.6. The Morgan fingerprint density at radius 3 is 2.50 bits per heavy atom. The maximum atomic E-state index is 12.4. The summed E-state index contributed by atoms with van der Waals surface area (Å²) < 4.78 is 10.8. The quantitative estimate of drug-likeness (QED) is 0.293. The standard InChI is InChI=1S/C21H22N2O7/c1-3-29-20(25)21(12-17(21)19(24)22-26)11-14-5-8-15(9-6-14)30-16-7-4-13(2)18(10-16)23(27)28/h4-10,17,26H,3,11-12H2,1-2H3,(H,22,24)/t17-,21+/m1/s1. The SMILES string of the molecule is CCOC(=O)[C@@]1(Cc2ccc(Oc3ccc(C)c([N+](=O)[O-])c3)cc2)C[C@@H]1C(=O)NO. The Bertz CT molecular complexity index is 974. The average molecular weight is 414 g/mol. The normalized spacial score (nSPS) is 19.6. The van der Waals surface area contributed by atoms with Gasteiger partial charge < -0.3 is 9.47 Å². The van der Waals surface area contributed by atoms with Crippen LogP contribution in [0.5, 0.6) is 11.5 Å². The summed E-state index contributed by atoms with van der Waals surface area (Å²) in [6.07, 6.45) is 0.573. The number of ether oxygens (including phenoxy) is 2. The first kappa shape index (κ1) is 21.3. The molecule has 1 saturated carbocycles. The minimum Gasteiger partial charge on any atom is -0.466 e. The van der Waals surface area contributed by atoms with E-state index in [0.717, 1.165) is 5.56 Å². The number of esters is 1. The van der Waals surface area contributed by atoms with Crippen LogP contribution in [0.25, 0.3) is 0 Å². The van der Waals surface area contributed by atoms with Crippen LogP contribution in [0, 0.1) is 28.4 Å². The first-order valence-electron chi connectivity index (χ1n) is 9.43. The molecule has 0 spiro atoms. The Kier molecular flexibility index (Phi) is 6.02. The van der Waals surface area contributed by atoms with Gasteiger partial charge in [0, 0.05) is 5.56 Å². The lowest BCUT2D eigenvalue weighted by Gasteiger charge is -2.16. The van der Waals surface area contributed by atoms with Gasteiger partial charge in [0.15, 0.2) is 0 Å². The first-order chi connectivity index (χ1) is 14.3. The van der Waals surface area contributed by atoms with Crippen molar-refractivity contribution in [3.8, 4) is 11.5 Å². The van der Waals surface area contributed by atoms with Crippen LogP contribution in [0.1, 0.15) is 24.5 Å². The number of nitro groups is 1. The third-order valence-corrected chi connectivity index (χ3v) is 5.24. The molecule has 158 valence electrons. The molecule has 0 aliphatic heterocycles. The van der Waals surface area contributed by atoms with E-state index in [1.54, 1.807) is 55.7 Å². The van der Waals surface area contributed by atoms with E-state index in [-0.39, 0.29) is 18.7 Å². The molecule has 30 heavy (non-hydrogen) atoms. The van der Waals surface area contributed by atoms with Crippen LogP contribution in [0.3, 0.4) is 0 Å². The number of carbonyl (C=O) groups is 2. The van der Waals surface area contributed by atoms with Crippen LogP contribution >= 0.6 is 0 Å². The molecule has 3 rings (SSSR count). The number of nitro benzene ring substituents is 1. The van der Waals surface area contributed by atoms with E-state index in [0.29, 0.717) is 23.5 Å². The highest BCUT2D eigenvalue weighted by Crippen LogP contribution is 2.56. The predicted octanol–water partition coefficient (Wildman–Crippen LogP) is 3.31. The van der Waals surface area contributed by atoms with Gasteiger partial charge in [-0.2, -0.15) is 0 Å². The number of carbonyl (C=O) groups excluding carboxylic acids is 2. The second-order valence-electron chi connectivity index (χ2n) is 7.24. The molecular formula is C21H22N2O7. The van der Waals surface area contributed by atoms with E-state index in [4.69, 9.17) is 14.7 Å². The monoisotopic (exact) mass is 414 g/mol. The lowest BCUT2D eigenvalue weighted by Crippen LogP contribution is -2.30. The van der Waals surface area contributed by atoms with Gasteiger partial charge >= 0.3 is 5.97 Å². The van der Waals surface area contributed by atoms with Crippen molar-refractivity contribution in [2.75, 3.05) is 6.61 Å². The highest BCUT2D eigenvalue weighted by atomic mass is 16.6. The number of benzene rings is 2. The van der Waals surface area contributed by atoms with Crippen molar-refractivity contribution in [2.45, 2.75) is 26.7 Å². The van der Waals surface area contributed by atoms with Crippen molar-refractivity contribution >= 4 is 17.6 Å². The van der Waals surface area contributed by atoms with Crippen LogP contribution in [0.2, 0.25) is 0 Å². The van der Waals surface area contributed by atoms with E-state index in [1.807, 2.05) is 0 Å². The maximum Gasteiger partial charge on any atom is 0.313 e. The molecule has 1 fully saturated rings. The van der Waals surface area contributed by atoms with Crippen LogP contribution in [-0.4, -0.2) is 28.6 Å². The Morgan fingerprint density at radius 1 is 1.23 bits per heavy atom. The van der Waals surface area contributed by atoms with E-state index < -0.39 is 28.1 Å². The molecule has 9 heteroatoms. The Labute approximate surface area is 172 Å². The molecule has 2 atom stereocenters. The lowest BCUT2D eigenvalue weighted by molar-refractivity contribution is -0.385. The van der Waals surface area contributed by atoms with Crippen molar-refractivity contribution in [1.29, 1.82) is 0 Å². The molecule has 0 bridgehead atoms. The summed E-state index contributed by atoms with van der Waals surface area (Å²) in [7, 11) is 0. The summed E-state index contributed by atoms with van der Waals surface area (Å²) >= 11 is 0. The van der Waals surface area contributed by atoms with Crippen LogP contribution in [0.15, 0.2) is 42.5 Å². The van der Waals surface area contributed by atoms with E-state index >= 15 is 0 Å². The second-order valence-corrected chi connectivity index (χ2v) is 7.24. The average Bonchev–Trinajstić information content (AvgIpc) is 3.45. The fourth-order valence-electron chi connectivity index (χ4n) is 3.52. The largest absolute Gasteiger partial charge is 0.466 e. The molecule has 2 aromatic carbocycles. The van der Waals surface area contributed by atoms with E-state index in [1.165, 1.54) is 6.07 Å². The van der Waals surface area contributed by atoms with Gasteiger partial charge in [-0.1, -0.05) is 12.1 Å². The van der Waals surface area contributed by atoms with Gasteiger partial charge in [0.1, 0.15) is 11.5 Å². The van der Waals surface area contributed by atoms with Gasteiger partial charge in [0.05, 0.1) is 28.9 Å². The van der Waals surface area contributed by atoms with Crippen molar-refractivity contribution in [3.05, 3.63) is 63.7 Å². The van der Waals surface area contributed by atoms with Crippen molar-refractivity contribution in [2.24, 2.45) is 11.3 Å². The van der Waals surface area contributed by atoms with Crippen molar-refractivity contribution in [3.63, 3.8) is 0 Å². The Morgan fingerprint density at radius 2 is 1.90 bits per heavy atom. The van der Waals surface area contributed by atoms with Crippen molar-refractivity contribution in [1.82, 2.24) is 5.48 Å². The third kappa shape index (κ3) is 4.25. The molecule has 2 aromatic rings. The number of nitrogens with one attached hydrogen (secondary N) is 1. The minimum atomic E-state index is -0.997. The summed E-state index contributed by atoms with van der Waals surface area (Å²) in [6.45, 7) is 3.54. The summed E-state index contributed by atoms with van der Waals surface area (Å²) in [5, 5.41) is 20.0. The highest BCUT2D eigenvalue weighted by Gasteiger charge is 2.64. The third-order valence-electron chi connectivity index (χ3n) is 5.24. The number of amides is 1. The number of hydroxylamine groups is 1. The summed E-state index contributed by atoms with van der Waals surface area (Å²) in [5.41, 5.74) is 1.91. The fourth-order valence-corrected chi connectivity index (χ4v) is 3.52. The Hall–Kier alpha value is -3.46. The van der Waals surface area contributed by atoms with Gasteiger partial charge in [0.25, 0.3) is 5.69 Å². The number of hydrogen-bond donors (Lipinski definition) is 2. The van der Waals surface area contributed by atoms with Gasteiger partial charge in [-0.15, -0.1) is 0 Å². The molecule has 1 amide bonds. The minimum absolute atomic E-state index is 0.0255. The molecule has 0 radical (unpaired) electrons. The van der Waals surface area contributed by atoms with Crippen LogP contribution < -0.4 is 10.2 Å². The van der Waals surface area contributed by atoms with Gasteiger partial charge in [-0.3, -0.25) is 24.9 Å². The predicted molar refractivity (Wildman–Crippen MR) is 105 cm³/mol. The second kappa shape index (κ2) is 8.50. The molecule has 1 aliphatic rings. The first-order valence-corrected chi connectivity index (χ1v) is 9.43. The molecule has 0 heterocycles. The number of rotatable bonds is 8. The molecule has 0 saturated heterocycles. The smallest absolute Gasteiger partial charge is 0.313 e. The topological polar surface area (TPSA) is 128 Å². The number of aryl methyl sites for hydroxylation is 1. The maximum absolute atomic E-state index is 12.4. The zero-order chi connectivity index (χ0) is 21.9.